The first-order chi connectivity index (χ1) is 7.19. The van der Waals surface area contributed by atoms with Gasteiger partial charge in [0, 0.05) is 31.5 Å². The molecule has 15 heavy (non-hydrogen) atoms. The Labute approximate surface area is 89.0 Å². The molecule has 0 aliphatic carbocycles. The van der Waals surface area contributed by atoms with E-state index in [2.05, 4.69) is 21.5 Å². The van der Waals surface area contributed by atoms with E-state index in [1.165, 1.54) is 0 Å². The maximum atomic E-state index is 4.35. The summed E-state index contributed by atoms with van der Waals surface area (Å²) in [6.45, 7) is 1.99. The molecule has 0 amide bonds. The van der Waals surface area contributed by atoms with Gasteiger partial charge < -0.3 is 5.32 Å². The van der Waals surface area contributed by atoms with Crippen molar-refractivity contribution in [2.45, 2.75) is 6.92 Å². The summed E-state index contributed by atoms with van der Waals surface area (Å²) in [5.74, 6) is 0.883. The van der Waals surface area contributed by atoms with Gasteiger partial charge in [0.2, 0.25) is 0 Å². The number of aromatic nitrogens is 3. The maximum Gasteiger partial charge on any atom is 0.126 e. The van der Waals surface area contributed by atoms with Crippen molar-refractivity contribution in [3.05, 3.63) is 30.2 Å². The largest absolute Gasteiger partial charge is 0.373 e. The molecule has 0 unspecified atom stereocenters. The number of anilines is 1. The number of hydrogen-bond donors (Lipinski definition) is 1. The summed E-state index contributed by atoms with van der Waals surface area (Å²) in [7, 11) is 3.78. The van der Waals surface area contributed by atoms with E-state index in [1.54, 1.807) is 4.68 Å². The lowest BCUT2D eigenvalue weighted by Gasteiger charge is -2.04. The third kappa shape index (κ3) is 1.98. The zero-order valence-corrected chi connectivity index (χ0v) is 9.15. The van der Waals surface area contributed by atoms with Gasteiger partial charge in [-0.05, 0) is 24.6 Å². The summed E-state index contributed by atoms with van der Waals surface area (Å²) >= 11 is 0. The van der Waals surface area contributed by atoms with Crippen molar-refractivity contribution in [3.63, 3.8) is 0 Å². The Morgan fingerprint density at radius 3 is 2.67 bits per heavy atom. The molecule has 4 heteroatoms. The van der Waals surface area contributed by atoms with Gasteiger partial charge in [-0.25, -0.2) is 4.98 Å². The fourth-order valence-electron chi connectivity index (χ4n) is 1.53. The van der Waals surface area contributed by atoms with Crippen LogP contribution in [0.15, 0.2) is 24.5 Å². The summed E-state index contributed by atoms with van der Waals surface area (Å²) in [5, 5.41) is 7.20. The molecule has 0 saturated carbocycles. The first-order valence-electron chi connectivity index (χ1n) is 4.84. The summed E-state index contributed by atoms with van der Waals surface area (Å²) < 4.78 is 1.80. The molecule has 0 spiro atoms. The van der Waals surface area contributed by atoms with E-state index in [0.29, 0.717) is 0 Å². The van der Waals surface area contributed by atoms with Crippen molar-refractivity contribution >= 4 is 5.82 Å². The Morgan fingerprint density at radius 2 is 2.07 bits per heavy atom. The molecular formula is C11H14N4. The van der Waals surface area contributed by atoms with Gasteiger partial charge in [0.15, 0.2) is 0 Å². The number of rotatable bonds is 2. The van der Waals surface area contributed by atoms with Crippen molar-refractivity contribution in [2.75, 3.05) is 12.4 Å². The van der Waals surface area contributed by atoms with E-state index in [4.69, 9.17) is 0 Å². The van der Waals surface area contributed by atoms with Crippen LogP contribution in [-0.4, -0.2) is 21.8 Å². The van der Waals surface area contributed by atoms with Crippen LogP contribution in [0, 0.1) is 6.92 Å². The minimum atomic E-state index is 0.883. The fourth-order valence-corrected chi connectivity index (χ4v) is 1.53. The Kier molecular flexibility index (Phi) is 2.41. The molecule has 0 aliphatic heterocycles. The Bertz CT molecular complexity index is 473. The topological polar surface area (TPSA) is 42.7 Å². The first kappa shape index (κ1) is 9.71. The van der Waals surface area contributed by atoms with Crippen molar-refractivity contribution in [3.8, 4) is 11.1 Å². The fraction of sp³-hybridized carbons (Fsp3) is 0.273. The molecule has 2 heterocycles. The molecule has 4 nitrogen and oxygen atoms in total. The van der Waals surface area contributed by atoms with E-state index in [9.17, 15) is 0 Å². The third-order valence-electron chi connectivity index (χ3n) is 2.25. The Balaban J connectivity index is 2.48. The van der Waals surface area contributed by atoms with Gasteiger partial charge in [-0.1, -0.05) is 0 Å². The molecule has 2 rings (SSSR count). The molecule has 0 bridgehead atoms. The van der Waals surface area contributed by atoms with Crippen LogP contribution in [0.2, 0.25) is 0 Å². The Morgan fingerprint density at radius 1 is 1.27 bits per heavy atom. The predicted molar refractivity (Wildman–Crippen MR) is 60.7 cm³/mol. The van der Waals surface area contributed by atoms with Crippen LogP contribution in [0.5, 0.6) is 0 Å². The number of aryl methyl sites for hydroxylation is 2. The van der Waals surface area contributed by atoms with E-state index in [-0.39, 0.29) is 0 Å². The number of hydrogen-bond acceptors (Lipinski definition) is 3. The van der Waals surface area contributed by atoms with Gasteiger partial charge in [0.25, 0.3) is 0 Å². The van der Waals surface area contributed by atoms with Crippen LogP contribution in [0.25, 0.3) is 11.1 Å². The van der Waals surface area contributed by atoms with Gasteiger partial charge >= 0.3 is 0 Å². The molecule has 2 aromatic rings. The monoisotopic (exact) mass is 202 g/mol. The van der Waals surface area contributed by atoms with Gasteiger partial charge in [0.05, 0.1) is 6.20 Å². The molecule has 78 valence electrons. The predicted octanol–water partition coefficient (Wildman–Crippen LogP) is 1.83. The van der Waals surface area contributed by atoms with Crippen molar-refractivity contribution < 1.29 is 0 Å². The van der Waals surface area contributed by atoms with E-state index in [0.717, 1.165) is 22.6 Å². The van der Waals surface area contributed by atoms with Gasteiger partial charge in [0.1, 0.15) is 5.82 Å². The minimum Gasteiger partial charge on any atom is -0.373 e. The maximum absolute atomic E-state index is 4.35. The lowest BCUT2D eigenvalue weighted by atomic mass is 10.1. The van der Waals surface area contributed by atoms with Crippen molar-refractivity contribution in [2.24, 2.45) is 7.05 Å². The van der Waals surface area contributed by atoms with Gasteiger partial charge in [-0.15, -0.1) is 0 Å². The van der Waals surface area contributed by atoms with Crippen LogP contribution in [0.1, 0.15) is 5.69 Å². The highest BCUT2D eigenvalue weighted by Gasteiger charge is 2.03. The molecule has 0 saturated heterocycles. The van der Waals surface area contributed by atoms with Crippen LogP contribution in [0.4, 0.5) is 5.82 Å². The summed E-state index contributed by atoms with van der Waals surface area (Å²) in [6, 6.07) is 4.07. The van der Waals surface area contributed by atoms with Crippen molar-refractivity contribution in [1.29, 1.82) is 0 Å². The van der Waals surface area contributed by atoms with E-state index in [1.807, 2.05) is 39.5 Å². The molecule has 2 aromatic heterocycles. The summed E-state index contributed by atoms with van der Waals surface area (Å²) in [6.07, 6.45) is 3.85. The molecule has 0 aliphatic rings. The Hall–Kier alpha value is -1.84. The van der Waals surface area contributed by atoms with Gasteiger partial charge in [-0.2, -0.15) is 5.10 Å². The number of nitrogens with zero attached hydrogens (tertiary/aromatic N) is 3. The SMILES string of the molecule is CNc1cc(-c2cnn(C)c2)cc(C)n1. The normalized spacial score (nSPS) is 10.3. The zero-order valence-electron chi connectivity index (χ0n) is 9.15. The number of nitrogens with one attached hydrogen (secondary N) is 1. The molecule has 0 fully saturated rings. The quantitative estimate of drug-likeness (QED) is 0.808. The standard InChI is InChI=1S/C11H14N4/c1-8-4-9(5-11(12-2)14-8)10-6-13-15(3)7-10/h4-7H,1-3H3,(H,12,14). The second-order valence-corrected chi connectivity index (χ2v) is 3.54. The number of pyridine rings is 1. The summed E-state index contributed by atoms with van der Waals surface area (Å²) in [5.41, 5.74) is 3.25. The smallest absolute Gasteiger partial charge is 0.126 e. The highest BCUT2D eigenvalue weighted by atomic mass is 15.2. The van der Waals surface area contributed by atoms with E-state index < -0.39 is 0 Å². The zero-order chi connectivity index (χ0) is 10.8. The highest BCUT2D eigenvalue weighted by Crippen LogP contribution is 2.21. The average Bonchev–Trinajstić information content (AvgIpc) is 2.64. The molecule has 0 aromatic carbocycles. The molecular weight excluding hydrogens is 188 g/mol. The van der Waals surface area contributed by atoms with Gasteiger partial charge in [-0.3, -0.25) is 4.68 Å². The van der Waals surface area contributed by atoms with Crippen molar-refractivity contribution in [1.82, 2.24) is 14.8 Å². The van der Waals surface area contributed by atoms with E-state index >= 15 is 0 Å². The average molecular weight is 202 g/mol. The highest BCUT2D eigenvalue weighted by molar-refractivity contribution is 5.65. The lowest BCUT2D eigenvalue weighted by Crippen LogP contribution is -1.94. The second-order valence-electron chi connectivity index (χ2n) is 3.54. The molecule has 0 atom stereocenters. The second kappa shape index (κ2) is 3.73. The molecule has 1 N–H and O–H groups in total. The van der Waals surface area contributed by atoms with Crippen LogP contribution in [-0.2, 0) is 7.05 Å². The lowest BCUT2D eigenvalue weighted by molar-refractivity contribution is 0.768. The molecule has 0 radical (unpaired) electrons. The first-order valence-corrected chi connectivity index (χ1v) is 4.84. The minimum absolute atomic E-state index is 0.883. The third-order valence-corrected chi connectivity index (χ3v) is 2.25. The van der Waals surface area contributed by atoms with Crippen LogP contribution < -0.4 is 5.32 Å². The summed E-state index contributed by atoms with van der Waals surface area (Å²) in [4.78, 5) is 4.35. The van der Waals surface area contributed by atoms with Crippen LogP contribution >= 0.6 is 0 Å². The van der Waals surface area contributed by atoms with Crippen LogP contribution in [0.3, 0.4) is 0 Å².